The van der Waals surface area contributed by atoms with Crippen molar-refractivity contribution in [3.05, 3.63) is 28.8 Å². The summed E-state index contributed by atoms with van der Waals surface area (Å²) in [6.07, 6.45) is 0. The van der Waals surface area contributed by atoms with E-state index in [-0.39, 0.29) is 0 Å². The number of nitrogens with one attached hydrogen (secondary N) is 1. The zero-order valence-electron chi connectivity index (χ0n) is 11.9. The van der Waals surface area contributed by atoms with E-state index in [0.717, 1.165) is 12.3 Å². The summed E-state index contributed by atoms with van der Waals surface area (Å²) < 4.78 is 5.54. The summed E-state index contributed by atoms with van der Waals surface area (Å²) in [6, 6.07) is 4.70. The number of rotatable bonds is 5. The maximum atomic E-state index is 5.54. The quantitative estimate of drug-likeness (QED) is 0.841. The van der Waals surface area contributed by atoms with Crippen LogP contribution in [-0.4, -0.2) is 13.7 Å². The summed E-state index contributed by atoms with van der Waals surface area (Å²) in [7, 11) is 1.75. The van der Waals surface area contributed by atoms with Crippen molar-refractivity contribution in [1.29, 1.82) is 0 Å². The molecule has 2 heteroatoms. The lowest BCUT2D eigenvalue weighted by Crippen LogP contribution is -2.26. The molecular weight excluding hydrogens is 210 g/mol. The Balaban J connectivity index is 3.25. The van der Waals surface area contributed by atoms with E-state index in [1.54, 1.807) is 7.11 Å². The molecule has 0 aromatic heterocycles. The van der Waals surface area contributed by atoms with E-state index in [0.29, 0.717) is 12.0 Å². The highest BCUT2D eigenvalue weighted by molar-refractivity contribution is 5.45. The molecule has 1 unspecified atom stereocenters. The summed E-state index contributed by atoms with van der Waals surface area (Å²) in [4.78, 5) is 0. The number of hydrogen-bond acceptors (Lipinski definition) is 2. The van der Waals surface area contributed by atoms with Crippen LogP contribution in [0.2, 0.25) is 0 Å². The van der Waals surface area contributed by atoms with Crippen LogP contribution in [0.1, 0.15) is 43.5 Å². The molecule has 1 aromatic carbocycles. The second-order valence-electron chi connectivity index (χ2n) is 4.98. The van der Waals surface area contributed by atoms with Gasteiger partial charge in [-0.15, -0.1) is 0 Å². The van der Waals surface area contributed by atoms with Gasteiger partial charge in [-0.25, -0.2) is 0 Å². The molecule has 96 valence electrons. The van der Waals surface area contributed by atoms with Crippen molar-refractivity contribution in [2.75, 3.05) is 13.7 Å². The van der Waals surface area contributed by atoms with E-state index in [1.807, 2.05) is 0 Å². The highest BCUT2D eigenvalue weighted by Gasteiger charge is 2.21. The van der Waals surface area contributed by atoms with Crippen LogP contribution in [0.5, 0.6) is 5.75 Å². The summed E-state index contributed by atoms with van der Waals surface area (Å²) in [5.41, 5.74) is 3.86. The number of benzene rings is 1. The lowest BCUT2D eigenvalue weighted by molar-refractivity contribution is 0.372. The van der Waals surface area contributed by atoms with Crippen LogP contribution in [-0.2, 0) is 0 Å². The van der Waals surface area contributed by atoms with E-state index in [2.05, 4.69) is 52.1 Å². The second kappa shape index (κ2) is 6.06. The standard InChI is InChI=1S/C15H25NO/c1-7-16-15(10(2)3)14-12(5)8-11(4)9-13(14)17-6/h8-10,15-16H,7H2,1-6H3. The van der Waals surface area contributed by atoms with Gasteiger partial charge in [-0.05, 0) is 43.5 Å². The molecule has 17 heavy (non-hydrogen) atoms. The summed E-state index contributed by atoms with van der Waals surface area (Å²) in [5, 5.41) is 3.55. The molecule has 0 aliphatic carbocycles. The maximum Gasteiger partial charge on any atom is 0.124 e. The third-order valence-electron chi connectivity index (χ3n) is 3.11. The molecule has 0 heterocycles. The predicted molar refractivity (Wildman–Crippen MR) is 73.7 cm³/mol. The van der Waals surface area contributed by atoms with Crippen molar-refractivity contribution in [3.63, 3.8) is 0 Å². The monoisotopic (exact) mass is 235 g/mol. The van der Waals surface area contributed by atoms with E-state index >= 15 is 0 Å². The molecule has 0 radical (unpaired) electrons. The van der Waals surface area contributed by atoms with Gasteiger partial charge in [0.1, 0.15) is 5.75 Å². The fourth-order valence-corrected chi connectivity index (χ4v) is 2.40. The maximum absolute atomic E-state index is 5.54. The molecule has 1 atom stereocenters. The van der Waals surface area contributed by atoms with Gasteiger partial charge in [-0.2, -0.15) is 0 Å². The summed E-state index contributed by atoms with van der Waals surface area (Å²) in [5.74, 6) is 1.55. The zero-order chi connectivity index (χ0) is 13.0. The van der Waals surface area contributed by atoms with Crippen molar-refractivity contribution in [2.24, 2.45) is 5.92 Å². The van der Waals surface area contributed by atoms with E-state index in [9.17, 15) is 0 Å². The molecule has 0 amide bonds. The Kier molecular flexibility index (Phi) is 5.01. The van der Waals surface area contributed by atoms with Crippen molar-refractivity contribution in [2.45, 2.75) is 40.7 Å². The topological polar surface area (TPSA) is 21.3 Å². The minimum atomic E-state index is 0.357. The van der Waals surface area contributed by atoms with Gasteiger partial charge in [0.25, 0.3) is 0 Å². The minimum Gasteiger partial charge on any atom is -0.496 e. The fourth-order valence-electron chi connectivity index (χ4n) is 2.40. The Bertz CT molecular complexity index is 371. The lowest BCUT2D eigenvalue weighted by Gasteiger charge is -2.26. The van der Waals surface area contributed by atoms with Gasteiger partial charge in [0.15, 0.2) is 0 Å². The van der Waals surface area contributed by atoms with Crippen LogP contribution < -0.4 is 10.1 Å². The van der Waals surface area contributed by atoms with Crippen molar-refractivity contribution < 1.29 is 4.74 Å². The molecule has 0 saturated heterocycles. The van der Waals surface area contributed by atoms with Crippen LogP contribution >= 0.6 is 0 Å². The molecule has 0 fully saturated rings. The molecule has 0 aliphatic rings. The van der Waals surface area contributed by atoms with Gasteiger partial charge in [0.05, 0.1) is 7.11 Å². The van der Waals surface area contributed by atoms with Gasteiger partial charge in [0.2, 0.25) is 0 Å². The van der Waals surface area contributed by atoms with Crippen LogP contribution in [0.25, 0.3) is 0 Å². The Hall–Kier alpha value is -1.02. The summed E-state index contributed by atoms with van der Waals surface area (Å²) in [6.45, 7) is 11.9. The number of ether oxygens (including phenoxy) is 1. The second-order valence-corrected chi connectivity index (χ2v) is 4.98. The van der Waals surface area contributed by atoms with Crippen LogP contribution in [0, 0.1) is 19.8 Å². The normalized spacial score (nSPS) is 12.9. The highest BCUT2D eigenvalue weighted by Crippen LogP contribution is 2.33. The molecule has 0 spiro atoms. The van der Waals surface area contributed by atoms with E-state index in [1.165, 1.54) is 16.7 Å². The van der Waals surface area contributed by atoms with Crippen LogP contribution in [0.3, 0.4) is 0 Å². The van der Waals surface area contributed by atoms with Crippen molar-refractivity contribution in [1.82, 2.24) is 5.32 Å². The first-order valence-corrected chi connectivity index (χ1v) is 6.39. The van der Waals surface area contributed by atoms with Crippen molar-refractivity contribution in [3.8, 4) is 5.75 Å². The van der Waals surface area contributed by atoms with Gasteiger partial charge < -0.3 is 10.1 Å². The molecule has 1 N–H and O–H groups in total. The van der Waals surface area contributed by atoms with Gasteiger partial charge >= 0.3 is 0 Å². The van der Waals surface area contributed by atoms with Gasteiger partial charge in [0, 0.05) is 11.6 Å². The highest BCUT2D eigenvalue weighted by atomic mass is 16.5. The molecular formula is C15H25NO. The first-order chi connectivity index (χ1) is 8.01. The molecule has 0 bridgehead atoms. The Morgan fingerprint density at radius 3 is 2.35 bits per heavy atom. The average Bonchev–Trinajstić information content (AvgIpc) is 2.25. The molecule has 2 nitrogen and oxygen atoms in total. The first-order valence-electron chi connectivity index (χ1n) is 6.39. The average molecular weight is 235 g/mol. The number of hydrogen-bond donors (Lipinski definition) is 1. The largest absolute Gasteiger partial charge is 0.496 e. The fraction of sp³-hybridized carbons (Fsp3) is 0.600. The van der Waals surface area contributed by atoms with Crippen molar-refractivity contribution >= 4 is 0 Å². The van der Waals surface area contributed by atoms with Gasteiger partial charge in [-0.1, -0.05) is 26.8 Å². The Morgan fingerprint density at radius 1 is 1.24 bits per heavy atom. The van der Waals surface area contributed by atoms with Crippen LogP contribution in [0.4, 0.5) is 0 Å². The number of aryl methyl sites for hydroxylation is 2. The zero-order valence-corrected chi connectivity index (χ0v) is 11.9. The van der Waals surface area contributed by atoms with Crippen LogP contribution in [0.15, 0.2) is 12.1 Å². The van der Waals surface area contributed by atoms with Gasteiger partial charge in [-0.3, -0.25) is 0 Å². The molecule has 0 aliphatic heterocycles. The molecule has 1 rings (SSSR count). The smallest absolute Gasteiger partial charge is 0.124 e. The molecule has 1 aromatic rings. The Labute approximate surface area is 105 Å². The predicted octanol–water partition coefficient (Wildman–Crippen LogP) is 3.62. The summed E-state index contributed by atoms with van der Waals surface area (Å²) >= 11 is 0. The lowest BCUT2D eigenvalue weighted by atomic mass is 9.90. The minimum absolute atomic E-state index is 0.357. The Morgan fingerprint density at radius 2 is 1.88 bits per heavy atom. The van der Waals surface area contributed by atoms with E-state index < -0.39 is 0 Å². The third-order valence-corrected chi connectivity index (χ3v) is 3.11. The SMILES string of the molecule is CCNC(c1c(C)cc(C)cc1OC)C(C)C. The van der Waals surface area contributed by atoms with E-state index in [4.69, 9.17) is 4.74 Å². The molecule has 0 saturated carbocycles. The third kappa shape index (κ3) is 3.22. The first kappa shape index (κ1) is 14.0. The number of methoxy groups -OCH3 is 1.